The van der Waals surface area contributed by atoms with Crippen molar-refractivity contribution in [3.63, 3.8) is 0 Å². The van der Waals surface area contributed by atoms with Gasteiger partial charge in [0.15, 0.2) is 5.78 Å². The van der Waals surface area contributed by atoms with Crippen molar-refractivity contribution in [1.29, 1.82) is 0 Å². The Hall–Kier alpha value is -0.0600. The summed E-state index contributed by atoms with van der Waals surface area (Å²) in [6, 6.07) is -0.0826. The normalized spacial score (nSPS) is 28.8. The molecule has 0 amide bonds. The van der Waals surface area contributed by atoms with Crippen LogP contribution in [0.4, 0.5) is 0 Å². The van der Waals surface area contributed by atoms with Crippen LogP contribution in [0.3, 0.4) is 0 Å². The van der Waals surface area contributed by atoms with E-state index in [0.29, 0.717) is 0 Å². The van der Waals surface area contributed by atoms with Gasteiger partial charge in [-0.3, -0.25) is 4.79 Å². The van der Waals surface area contributed by atoms with Gasteiger partial charge in [0.1, 0.15) is 12.3 Å². The second-order valence-corrected chi connectivity index (χ2v) is 4.15. The zero-order valence-electron chi connectivity index (χ0n) is 6.87. The van der Waals surface area contributed by atoms with Gasteiger partial charge in [0, 0.05) is 17.9 Å². The third-order valence-corrected chi connectivity index (χ3v) is 3.10. The maximum Gasteiger partial charge on any atom is 0.151 e. The Morgan fingerprint density at radius 3 is 2.73 bits per heavy atom. The molecule has 1 unspecified atom stereocenters. The maximum atomic E-state index is 11.0. The van der Waals surface area contributed by atoms with E-state index in [4.69, 9.17) is 0 Å². The van der Waals surface area contributed by atoms with Crippen LogP contribution >= 0.6 is 0 Å². The van der Waals surface area contributed by atoms with E-state index >= 15 is 0 Å². The van der Waals surface area contributed by atoms with Gasteiger partial charge in [-0.1, -0.05) is 0 Å². The summed E-state index contributed by atoms with van der Waals surface area (Å²) in [7, 11) is 0. The number of carbonyl (C=O) groups is 1. The van der Waals surface area contributed by atoms with Gasteiger partial charge in [-0.25, -0.2) is 0 Å². The highest BCUT2D eigenvalue weighted by Crippen LogP contribution is 2.20. The molecule has 0 aromatic heterocycles. The van der Waals surface area contributed by atoms with E-state index in [9.17, 15) is 9.35 Å². The molecule has 1 fully saturated rings. The van der Waals surface area contributed by atoms with Crippen LogP contribution in [-0.4, -0.2) is 33.5 Å². The predicted molar refractivity (Wildman–Crippen MR) is 44.5 cm³/mol. The lowest BCUT2D eigenvalue weighted by Gasteiger charge is -2.20. The van der Waals surface area contributed by atoms with Gasteiger partial charge in [0.2, 0.25) is 0 Å². The first-order chi connectivity index (χ1) is 5.13. The molecule has 0 bridgehead atoms. The standard InChI is InChI=1S/C7H13NO2S/c1-6(9)7-4-3-5-8(7)11(2)10/h7H,3-5H2,1-2H3/t7-,11?/m0/s1. The summed E-state index contributed by atoms with van der Waals surface area (Å²) in [4.78, 5) is 11.0. The van der Waals surface area contributed by atoms with Crippen molar-refractivity contribution in [2.45, 2.75) is 25.8 Å². The number of rotatable bonds is 2. The molecule has 1 rings (SSSR count). The maximum absolute atomic E-state index is 11.0. The topological polar surface area (TPSA) is 43.4 Å². The summed E-state index contributed by atoms with van der Waals surface area (Å²) in [5, 5.41) is 0. The number of ketones is 1. The van der Waals surface area contributed by atoms with Crippen molar-refractivity contribution in [3.8, 4) is 0 Å². The molecule has 1 saturated heterocycles. The molecule has 0 aliphatic carbocycles. The van der Waals surface area contributed by atoms with Gasteiger partial charge in [0.25, 0.3) is 0 Å². The fourth-order valence-corrected chi connectivity index (χ4v) is 2.45. The number of Topliss-reactive ketones (excluding diaryl/α,β-unsaturated/α-hetero) is 1. The number of hydrogen-bond donors (Lipinski definition) is 0. The van der Waals surface area contributed by atoms with Crippen molar-refractivity contribution in [2.24, 2.45) is 0 Å². The molecular weight excluding hydrogens is 162 g/mol. The molecule has 1 heterocycles. The first kappa shape index (κ1) is 9.03. The molecule has 0 aromatic carbocycles. The van der Waals surface area contributed by atoms with E-state index in [2.05, 4.69) is 0 Å². The second kappa shape index (κ2) is 3.56. The number of carbonyl (C=O) groups excluding carboxylic acids is 1. The van der Waals surface area contributed by atoms with Crippen LogP contribution in [0.5, 0.6) is 0 Å². The summed E-state index contributed by atoms with van der Waals surface area (Å²) < 4.78 is 12.8. The molecule has 0 radical (unpaired) electrons. The van der Waals surface area contributed by atoms with E-state index in [0.717, 1.165) is 19.4 Å². The largest absolute Gasteiger partial charge is 0.598 e. The highest BCUT2D eigenvalue weighted by atomic mass is 32.2. The van der Waals surface area contributed by atoms with Gasteiger partial charge in [-0.05, 0) is 19.8 Å². The van der Waals surface area contributed by atoms with Crippen molar-refractivity contribution in [2.75, 3.05) is 12.8 Å². The van der Waals surface area contributed by atoms with Crippen LogP contribution in [0.25, 0.3) is 0 Å². The van der Waals surface area contributed by atoms with Crippen LogP contribution in [0, 0.1) is 0 Å². The lowest BCUT2D eigenvalue weighted by molar-refractivity contribution is -0.119. The summed E-state index contributed by atoms with van der Waals surface area (Å²) >= 11 is -0.979. The molecule has 1 aliphatic rings. The zero-order valence-corrected chi connectivity index (χ0v) is 7.69. The van der Waals surface area contributed by atoms with Crippen LogP contribution in [-0.2, 0) is 16.2 Å². The third kappa shape index (κ3) is 1.95. The minimum Gasteiger partial charge on any atom is -0.598 e. The average molecular weight is 175 g/mol. The summed E-state index contributed by atoms with van der Waals surface area (Å²) in [5.41, 5.74) is 0. The molecule has 0 spiro atoms. The smallest absolute Gasteiger partial charge is 0.151 e. The Bertz CT molecular complexity index is 161. The molecule has 0 saturated carbocycles. The molecule has 64 valence electrons. The predicted octanol–water partition coefficient (Wildman–Crippen LogP) is 0.333. The Morgan fingerprint density at radius 2 is 2.36 bits per heavy atom. The monoisotopic (exact) mass is 175 g/mol. The van der Waals surface area contributed by atoms with E-state index in [1.807, 2.05) is 0 Å². The molecule has 0 aromatic rings. The van der Waals surface area contributed by atoms with E-state index in [1.165, 1.54) is 0 Å². The SMILES string of the molecule is CC(=O)[C@@H]1CCCN1[S+](C)[O-]. The van der Waals surface area contributed by atoms with Gasteiger partial charge < -0.3 is 4.55 Å². The fourth-order valence-electron chi connectivity index (χ4n) is 1.45. The Kier molecular flexibility index (Phi) is 2.92. The summed E-state index contributed by atoms with van der Waals surface area (Å²) in [5.74, 6) is 0.137. The summed E-state index contributed by atoms with van der Waals surface area (Å²) in [6.45, 7) is 2.36. The van der Waals surface area contributed by atoms with E-state index < -0.39 is 11.4 Å². The Morgan fingerprint density at radius 1 is 1.73 bits per heavy atom. The van der Waals surface area contributed by atoms with E-state index in [1.54, 1.807) is 17.5 Å². The quantitative estimate of drug-likeness (QED) is 0.568. The minimum absolute atomic E-state index is 0.0826. The highest BCUT2D eigenvalue weighted by molar-refractivity contribution is 7.88. The summed E-state index contributed by atoms with van der Waals surface area (Å²) in [6.07, 6.45) is 3.49. The van der Waals surface area contributed by atoms with E-state index in [-0.39, 0.29) is 11.8 Å². The van der Waals surface area contributed by atoms with Gasteiger partial charge >= 0.3 is 0 Å². The van der Waals surface area contributed by atoms with Gasteiger partial charge in [0.05, 0.1) is 0 Å². The third-order valence-electron chi connectivity index (χ3n) is 2.00. The van der Waals surface area contributed by atoms with Gasteiger partial charge in [-0.2, -0.15) is 0 Å². The van der Waals surface area contributed by atoms with Crippen LogP contribution in [0.2, 0.25) is 0 Å². The van der Waals surface area contributed by atoms with Crippen molar-refractivity contribution in [1.82, 2.24) is 4.31 Å². The first-order valence-electron chi connectivity index (χ1n) is 3.73. The number of nitrogens with zero attached hydrogens (tertiary/aromatic N) is 1. The van der Waals surface area contributed by atoms with Crippen LogP contribution < -0.4 is 0 Å². The fraction of sp³-hybridized carbons (Fsp3) is 0.857. The lowest BCUT2D eigenvalue weighted by atomic mass is 10.2. The molecule has 3 nitrogen and oxygen atoms in total. The van der Waals surface area contributed by atoms with Crippen LogP contribution in [0.15, 0.2) is 0 Å². The highest BCUT2D eigenvalue weighted by Gasteiger charge is 2.34. The van der Waals surface area contributed by atoms with Gasteiger partial charge in [-0.15, -0.1) is 4.31 Å². The second-order valence-electron chi connectivity index (χ2n) is 2.83. The molecule has 11 heavy (non-hydrogen) atoms. The molecule has 2 atom stereocenters. The van der Waals surface area contributed by atoms with Crippen LogP contribution in [0.1, 0.15) is 19.8 Å². The van der Waals surface area contributed by atoms with Crippen molar-refractivity contribution >= 4 is 17.1 Å². The zero-order chi connectivity index (χ0) is 8.43. The lowest BCUT2D eigenvalue weighted by Crippen LogP contribution is -2.38. The average Bonchev–Trinajstić information content (AvgIpc) is 2.32. The Labute approximate surface area is 70.1 Å². The molecule has 0 N–H and O–H groups in total. The number of hydrogen-bond acceptors (Lipinski definition) is 3. The van der Waals surface area contributed by atoms with Crippen molar-refractivity contribution < 1.29 is 9.35 Å². The van der Waals surface area contributed by atoms with Crippen molar-refractivity contribution in [3.05, 3.63) is 0 Å². The first-order valence-corrected chi connectivity index (χ1v) is 5.25. The Balaban J connectivity index is 2.58. The molecule has 1 aliphatic heterocycles. The molecule has 4 heteroatoms. The molecular formula is C7H13NO2S. The minimum atomic E-state index is -0.979.